The maximum absolute atomic E-state index is 12.0. The van der Waals surface area contributed by atoms with Crippen LogP contribution in [0.4, 0.5) is 0 Å². The number of nitrogens with two attached hydrogens (primary N) is 1. The Balaban J connectivity index is 2.91. The molecule has 0 saturated carbocycles. The van der Waals surface area contributed by atoms with E-state index in [0.29, 0.717) is 0 Å². The molecule has 0 aliphatic rings. The third-order valence-electron chi connectivity index (χ3n) is 2.06. The lowest BCUT2D eigenvalue weighted by atomic mass is 10.2. The van der Waals surface area contributed by atoms with Gasteiger partial charge in [-0.3, -0.25) is 9.59 Å². The average Bonchev–Trinajstić information content (AvgIpc) is 2.25. The van der Waals surface area contributed by atoms with Gasteiger partial charge in [0.2, 0.25) is 5.91 Å². The van der Waals surface area contributed by atoms with Crippen molar-refractivity contribution in [1.82, 2.24) is 15.1 Å². The molecule has 1 rings (SSSR count). The van der Waals surface area contributed by atoms with Crippen LogP contribution in [0.15, 0.2) is 12.1 Å². The standard InChI is InChI=1S/C10H13ClN4O2/c1-6(2)15(5-9(12)16)10(17)7-3-4-8(11)14-13-7/h3-4,6H,5H2,1-2H3,(H2,12,16). The summed E-state index contributed by atoms with van der Waals surface area (Å²) >= 11 is 5.57. The monoisotopic (exact) mass is 256 g/mol. The summed E-state index contributed by atoms with van der Waals surface area (Å²) in [4.78, 5) is 24.2. The molecule has 0 fully saturated rings. The summed E-state index contributed by atoms with van der Waals surface area (Å²) in [7, 11) is 0. The minimum atomic E-state index is -0.575. The topological polar surface area (TPSA) is 89.2 Å². The number of hydrogen-bond donors (Lipinski definition) is 1. The maximum atomic E-state index is 12.0. The van der Waals surface area contributed by atoms with Gasteiger partial charge in [0.05, 0.1) is 6.54 Å². The Morgan fingerprint density at radius 1 is 1.41 bits per heavy atom. The SMILES string of the molecule is CC(C)N(CC(N)=O)C(=O)c1ccc(Cl)nn1. The van der Waals surface area contributed by atoms with Crippen molar-refractivity contribution in [2.24, 2.45) is 5.73 Å². The van der Waals surface area contributed by atoms with Crippen LogP contribution in [0.5, 0.6) is 0 Å². The summed E-state index contributed by atoms with van der Waals surface area (Å²) in [5.41, 5.74) is 5.21. The molecular weight excluding hydrogens is 244 g/mol. The fraction of sp³-hybridized carbons (Fsp3) is 0.400. The maximum Gasteiger partial charge on any atom is 0.275 e. The molecular formula is C10H13ClN4O2. The van der Waals surface area contributed by atoms with Crippen LogP contribution >= 0.6 is 11.6 Å². The summed E-state index contributed by atoms with van der Waals surface area (Å²) in [5, 5.41) is 7.44. The third-order valence-corrected chi connectivity index (χ3v) is 2.26. The minimum absolute atomic E-state index is 0.129. The highest BCUT2D eigenvalue weighted by Gasteiger charge is 2.21. The Kier molecular flexibility index (Phi) is 4.39. The second-order valence-corrected chi connectivity index (χ2v) is 4.12. The molecule has 1 aromatic heterocycles. The molecule has 0 unspecified atom stereocenters. The molecule has 0 bridgehead atoms. The Bertz CT molecular complexity index is 419. The normalized spacial score (nSPS) is 10.4. The lowest BCUT2D eigenvalue weighted by Gasteiger charge is -2.24. The molecule has 0 radical (unpaired) electrons. The summed E-state index contributed by atoms with van der Waals surface area (Å²) in [6.45, 7) is 3.41. The van der Waals surface area contributed by atoms with Crippen molar-refractivity contribution in [3.63, 3.8) is 0 Å². The van der Waals surface area contributed by atoms with E-state index in [1.54, 1.807) is 13.8 Å². The van der Waals surface area contributed by atoms with Gasteiger partial charge in [-0.25, -0.2) is 0 Å². The van der Waals surface area contributed by atoms with Crippen molar-refractivity contribution in [3.8, 4) is 0 Å². The number of hydrogen-bond acceptors (Lipinski definition) is 4. The minimum Gasteiger partial charge on any atom is -0.368 e. The fourth-order valence-electron chi connectivity index (χ4n) is 1.23. The Morgan fingerprint density at radius 3 is 2.47 bits per heavy atom. The highest BCUT2D eigenvalue weighted by molar-refractivity contribution is 6.29. The van der Waals surface area contributed by atoms with Crippen molar-refractivity contribution in [3.05, 3.63) is 23.0 Å². The molecule has 0 aliphatic carbocycles. The van der Waals surface area contributed by atoms with Crippen molar-refractivity contribution < 1.29 is 9.59 Å². The van der Waals surface area contributed by atoms with Crippen LogP contribution in [-0.2, 0) is 4.79 Å². The first-order valence-electron chi connectivity index (χ1n) is 5.00. The first-order chi connectivity index (χ1) is 7.91. The highest BCUT2D eigenvalue weighted by Crippen LogP contribution is 2.07. The summed E-state index contributed by atoms with van der Waals surface area (Å²) in [6.07, 6.45) is 0. The number of carbonyl (C=O) groups is 2. The van der Waals surface area contributed by atoms with Gasteiger partial charge in [-0.2, -0.15) is 0 Å². The Labute approximate surface area is 104 Å². The largest absolute Gasteiger partial charge is 0.368 e. The predicted molar refractivity (Wildman–Crippen MR) is 62.4 cm³/mol. The predicted octanol–water partition coefficient (Wildman–Crippen LogP) is 0.466. The number of carbonyl (C=O) groups excluding carboxylic acids is 2. The van der Waals surface area contributed by atoms with Gasteiger partial charge >= 0.3 is 0 Å². The summed E-state index contributed by atoms with van der Waals surface area (Å²) in [6, 6.07) is 2.76. The van der Waals surface area contributed by atoms with E-state index in [1.807, 2.05) is 0 Å². The second kappa shape index (κ2) is 5.58. The lowest BCUT2D eigenvalue weighted by Crippen LogP contribution is -2.43. The molecule has 0 spiro atoms. The van der Waals surface area contributed by atoms with Gasteiger partial charge < -0.3 is 10.6 Å². The molecule has 6 nitrogen and oxygen atoms in total. The van der Waals surface area contributed by atoms with Crippen LogP contribution in [0.3, 0.4) is 0 Å². The van der Waals surface area contributed by atoms with Crippen LogP contribution < -0.4 is 5.73 Å². The zero-order valence-corrected chi connectivity index (χ0v) is 10.3. The molecule has 7 heteroatoms. The van der Waals surface area contributed by atoms with E-state index < -0.39 is 11.8 Å². The number of nitrogens with zero attached hydrogens (tertiary/aromatic N) is 3. The molecule has 0 atom stereocenters. The average molecular weight is 257 g/mol. The first-order valence-corrected chi connectivity index (χ1v) is 5.38. The molecule has 1 aromatic rings. The van der Waals surface area contributed by atoms with E-state index in [9.17, 15) is 9.59 Å². The fourth-order valence-corrected chi connectivity index (χ4v) is 1.33. The van der Waals surface area contributed by atoms with Crippen molar-refractivity contribution >= 4 is 23.4 Å². The second-order valence-electron chi connectivity index (χ2n) is 3.73. The van der Waals surface area contributed by atoms with Gasteiger partial charge in [-0.05, 0) is 26.0 Å². The van der Waals surface area contributed by atoms with Crippen molar-refractivity contribution in [2.75, 3.05) is 6.54 Å². The molecule has 0 aliphatic heterocycles. The third kappa shape index (κ3) is 3.67. The number of primary amides is 1. The van der Waals surface area contributed by atoms with Crippen molar-refractivity contribution in [2.45, 2.75) is 19.9 Å². The van der Waals surface area contributed by atoms with E-state index in [2.05, 4.69) is 10.2 Å². The highest BCUT2D eigenvalue weighted by atomic mass is 35.5. The molecule has 17 heavy (non-hydrogen) atoms. The number of halogens is 1. The first kappa shape index (κ1) is 13.4. The molecule has 2 amide bonds. The Morgan fingerprint density at radius 2 is 2.06 bits per heavy atom. The Hall–Kier alpha value is -1.69. The van der Waals surface area contributed by atoms with Gasteiger partial charge in [0.15, 0.2) is 10.8 Å². The van der Waals surface area contributed by atoms with Gasteiger partial charge in [0.1, 0.15) is 0 Å². The summed E-state index contributed by atoms with van der Waals surface area (Å²) in [5.74, 6) is -0.975. The van der Waals surface area contributed by atoms with E-state index in [0.717, 1.165) is 0 Å². The quantitative estimate of drug-likeness (QED) is 0.848. The number of amides is 2. The van der Waals surface area contributed by atoms with Gasteiger partial charge in [0, 0.05) is 6.04 Å². The van der Waals surface area contributed by atoms with E-state index >= 15 is 0 Å². The zero-order valence-electron chi connectivity index (χ0n) is 9.55. The summed E-state index contributed by atoms with van der Waals surface area (Å²) < 4.78 is 0. The smallest absolute Gasteiger partial charge is 0.275 e. The molecule has 92 valence electrons. The van der Waals surface area contributed by atoms with E-state index in [-0.39, 0.29) is 23.4 Å². The molecule has 1 heterocycles. The zero-order chi connectivity index (χ0) is 13.0. The van der Waals surface area contributed by atoms with Gasteiger partial charge in [-0.15, -0.1) is 10.2 Å². The number of aromatic nitrogens is 2. The van der Waals surface area contributed by atoms with Crippen molar-refractivity contribution in [1.29, 1.82) is 0 Å². The number of rotatable bonds is 4. The molecule has 0 aromatic carbocycles. The molecule has 0 saturated heterocycles. The van der Waals surface area contributed by atoms with Gasteiger partial charge in [-0.1, -0.05) is 11.6 Å². The lowest BCUT2D eigenvalue weighted by molar-refractivity contribution is -0.119. The van der Waals surface area contributed by atoms with Gasteiger partial charge in [0.25, 0.3) is 5.91 Å². The van der Waals surface area contributed by atoms with Crippen LogP contribution in [0.25, 0.3) is 0 Å². The molecule has 2 N–H and O–H groups in total. The van der Waals surface area contributed by atoms with Crippen LogP contribution in [0.2, 0.25) is 5.15 Å². The van der Waals surface area contributed by atoms with Crippen LogP contribution in [-0.4, -0.2) is 39.5 Å². The van der Waals surface area contributed by atoms with E-state index in [1.165, 1.54) is 17.0 Å². The van der Waals surface area contributed by atoms with E-state index in [4.69, 9.17) is 17.3 Å². The van der Waals surface area contributed by atoms with Crippen LogP contribution in [0.1, 0.15) is 24.3 Å². The van der Waals surface area contributed by atoms with Crippen LogP contribution in [0, 0.1) is 0 Å².